The molecule has 1 aliphatic carbocycles. The minimum absolute atomic E-state index is 0.0603. The Balaban J connectivity index is 2.29. The highest BCUT2D eigenvalue weighted by Crippen LogP contribution is 2.20. The molecule has 0 unspecified atom stereocenters. The van der Waals surface area contributed by atoms with E-state index in [4.69, 9.17) is 0 Å². The molecule has 0 heterocycles. The molecule has 1 rings (SSSR count). The fraction of sp³-hybridized carbons (Fsp3) is 1.00. The Bertz CT molecular complexity index is 128. The number of aliphatic hydroxyl groups excluding tert-OH is 1. The molecule has 0 aromatic rings. The van der Waals surface area contributed by atoms with E-state index in [2.05, 4.69) is 26.1 Å². The zero-order valence-electron chi connectivity index (χ0n) is 7.72. The molecule has 2 atom stereocenters. The van der Waals surface area contributed by atoms with Crippen LogP contribution in [-0.2, 0) is 0 Å². The van der Waals surface area contributed by atoms with Crippen LogP contribution < -0.4 is 5.32 Å². The van der Waals surface area contributed by atoms with Gasteiger partial charge in [-0.15, -0.1) is 0 Å². The van der Waals surface area contributed by atoms with E-state index in [1.165, 1.54) is 0 Å². The number of hydrogen-bond acceptors (Lipinski definition) is 2. The molecule has 1 fully saturated rings. The molecular weight excluding hydrogens is 138 g/mol. The maximum Gasteiger partial charge on any atom is 0.0555 e. The fourth-order valence-electron chi connectivity index (χ4n) is 1.70. The Kier molecular flexibility index (Phi) is 2.55. The van der Waals surface area contributed by atoms with Crippen molar-refractivity contribution in [1.29, 1.82) is 0 Å². The van der Waals surface area contributed by atoms with Gasteiger partial charge >= 0.3 is 0 Å². The first-order valence-corrected chi connectivity index (χ1v) is 4.43. The van der Waals surface area contributed by atoms with Crippen molar-refractivity contribution in [2.45, 2.75) is 57.7 Å². The summed E-state index contributed by atoms with van der Waals surface area (Å²) in [5, 5.41) is 12.7. The predicted octanol–water partition coefficient (Wildman–Crippen LogP) is 1.29. The van der Waals surface area contributed by atoms with Crippen LogP contribution in [0.1, 0.15) is 40.0 Å². The highest BCUT2D eigenvalue weighted by molar-refractivity contribution is 4.85. The second-order valence-corrected chi connectivity index (χ2v) is 4.56. The van der Waals surface area contributed by atoms with E-state index in [1.54, 1.807) is 0 Å². The maximum atomic E-state index is 9.26. The molecule has 2 heteroatoms. The third-order valence-electron chi connectivity index (χ3n) is 2.04. The second kappa shape index (κ2) is 3.11. The maximum absolute atomic E-state index is 9.26. The molecule has 0 aromatic carbocycles. The summed E-state index contributed by atoms with van der Waals surface area (Å²) in [4.78, 5) is 0. The molecule has 0 aromatic heterocycles. The van der Waals surface area contributed by atoms with Gasteiger partial charge in [0.25, 0.3) is 0 Å². The molecule has 0 spiro atoms. The zero-order valence-corrected chi connectivity index (χ0v) is 7.72. The van der Waals surface area contributed by atoms with Crippen molar-refractivity contribution in [2.24, 2.45) is 0 Å². The van der Waals surface area contributed by atoms with Gasteiger partial charge in [-0.3, -0.25) is 0 Å². The molecule has 1 aliphatic rings. The zero-order chi connectivity index (χ0) is 8.48. The number of hydrogen-bond donors (Lipinski definition) is 2. The van der Waals surface area contributed by atoms with Crippen molar-refractivity contribution in [2.75, 3.05) is 0 Å². The molecule has 2 nitrogen and oxygen atoms in total. The predicted molar refractivity (Wildman–Crippen MR) is 46.5 cm³/mol. The molecule has 0 amide bonds. The van der Waals surface area contributed by atoms with Crippen molar-refractivity contribution in [3.63, 3.8) is 0 Å². The van der Waals surface area contributed by atoms with Crippen LogP contribution in [0.4, 0.5) is 0 Å². The van der Waals surface area contributed by atoms with E-state index < -0.39 is 0 Å². The minimum Gasteiger partial charge on any atom is -0.393 e. The van der Waals surface area contributed by atoms with Crippen LogP contribution in [0.2, 0.25) is 0 Å². The molecule has 0 aliphatic heterocycles. The van der Waals surface area contributed by atoms with Crippen molar-refractivity contribution >= 4 is 0 Å². The highest BCUT2D eigenvalue weighted by atomic mass is 16.3. The minimum atomic E-state index is -0.0603. The summed E-state index contributed by atoms with van der Waals surface area (Å²) >= 11 is 0. The summed E-state index contributed by atoms with van der Waals surface area (Å²) in [5.74, 6) is 0. The van der Waals surface area contributed by atoms with Gasteiger partial charge in [0.15, 0.2) is 0 Å². The van der Waals surface area contributed by atoms with Gasteiger partial charge in [0.05, 0.1) is 6.10 Å². The van der Waals surface area contributed by atoms with Crippen LogP contribution in [0, 0.1) is 0 Å². The van der Waals surface area contributed by atoms with Crippen LogP contribution in [0.3, 0.4) is 0 Å². The normalized spacial score (nSPS) is 32.7. The average molecular weight is 157 g/mol. The Morgan fingerprint density at radius 2 is 1.91 bits per heavy atom. The molecular formula is C9H19NO. The summed E-state index contributed by atoms with van der Waals surface area (Å²) in [6, 6.07) is 0.532. The van der Waals surface area contributed by atoms with Gasteiger partial charge in [0, 0.05) is 11.6 Å². The first-order chi connectivity index (χ1) is 4.97. The van der Waals surface area contributed by atoms with E-state index in [0.29, 0.717) is 6.04 Å². The van der Waals surface area contributed by atoms with E-state index in [9.17, 15) is 5.11 Å². The lowest BCUT2D eigenvalue weighted by molar-refractivity contribution is 0.177. The van der Waals surface area contributed by atoms with Gasteiger partial charge in [-0.1, -0.05) is 0 Å². The van der Waals surface area contributed by atoms with E-state index in [1.807, 2.05) is 0 Å². The second-order valence-electron chi connectivity index (χ2n) is 4.56. The summed E-state index contributed by atoms with van der Waals surface area (Å²) in [6.45, 7) is 6.49. The highest BCUT2D eigenvalue weighted by Gasteiger charge is 2.25. The molecule has 11 heavy (non-hydrogen) atoms. The van der Waals surface area contributed by atoms with E-state index in [0.717, 1.165) is 19.3 Å². The lowest BCUT2D eigenvalue weighted by Gasteiger charge is -2.25. The van der Waals surface area contributed by atoms with Gasteiger partial charge in [0.1, 0.15) is 0 Å². The van der Waals surface area contributed by atoms with Crippen molar-refractivity contribution in [3.05, 3.63) is 0 Å². The SMILES string of the molecule is CC(C)(C)N[C@@H]1CC[C@H](O)C1. The monoisotopic (exact) mass is 157 g/mol. The van der Waals surface area contributed by atoms with Crippen LogP contribution >= 0.6 is 0 Å². The topological polar surface area (TPSA) is 32.3 Å². The van der Waals surface area contributed by atoms with Gasteiger partial charge in [-0.25, -0.2) is 0 Å². The Labute approximate surface area is 69.0 Å². The molecule has 0 saturated heterocycles. The van der Waals surface area contributed by atoms with Gasteiger partial charge in [-0.2, -0.15) is 0 Å². The first-order valence-electron chi connectivity index (χ1n) is 4.43. The van der Waals surface area contributed by atoms with Gasteiger partial charge in [0.2, 0.25) is 0 Å². The Hall–Kier alpha value is -0.0800. The molecule has 1 saturated carbocycles. The van der Waals surface area contributed by atoms with Crippen molar-refractivity contribution in [3.8, 4) is 0 Å². The molecule has 66 valence electrons. The smallest absolute Gasteiger partial charge is 0.0555 e. The largest absolute Gasteiger partial charge is 0.393 e. The quantitative estimate of drug-likeness (QED) is 0.601. The fourth-order valence-corrected chi connectivity index (χ4v) is 1.70. The van der Waals surface area contributed by atoms with Crippen LogP contribution in [-0.4, -0.2) is 22.8 Å². The molecule has 0 radical (unpaired) electrons. The Morgan fingerprint density at radius 3 is 2.27 bits per heavy atom. The van der Waals surface area contributed by atoms with Gasteiger partial charge < -0.3 is 10.4 Å². The number of rotatable bonds is 1. The lowest BCUT2D eigenvalue weighted by atomic mass is 10.1. The average Bonchev–Trinajstić information content (AvgIpc) is 2.10. The van der Waals surface area contributed by atoms with Crippen molar-refractivity contribution in [1.82, 2.24) is 5.32 Å². The third-order valence-corrected chi connectivity index (χ3v) is 2.04. The summed E-state index contributed by atoms with van der Waals surface area (Å²) < 4.78 is 0. The lowest BCUT2D eigenvalue weighted by Crippen LogP contribution is -2.42. The molecule has 2 N–H and O–H groups in total. The summed E-state index contributed by atoms with van der Waals surface area (Å²) in [5.41, 5.74) is 0.189. The van der Waals surface area contributed by atoms with E-state index in [-0.39, 0.29) is 11.6 Å². The van der Waals surface area contributed by atoms with Crippen LogP contribution in [0.15, 0.2) is 0 Å². The van der Waals surface area contributed by atoms with Gasteiger partial charge in [-0.05, 0) is 40.0 Å². The van der Waals surface area contributed by atoms with Crippen molar-refractivity contribution < 1.29 is 5.11 Å². The summed E-state index contributed by atoms with van der Waals surface area (Å²) in [6.07, 6.45) is 2.96. The molecule has 0 bridgehead atoms. The summed E-state index contributed by atoms with van der Waals surface area (Å²) in [7, 11) is 0. The number of aliphatic hydroxyl groups is 1. The number of nitrogens with one attached hydrogen (secondary N) is 1. The van der Waals surface area contributed by atoms with Crippen LogP contribution in [0.25, 0.3) is 0 Å². The van der Waals surface area contributed by atoms with E-state index >= 15 is 0 Å². The first kappa shape index (κ1) is 9.01. The third kappa shape index (κ3) is 3.21. The van der Waals surface area contributed by atoms with Crippen LogP contribution in [0.5, 0.6) is 0 Å². The Morgan fingerprint density at radius 1 is 1.27 bits per heavy atom. The standard InChI is InChI=1S/C9H19NO/c1-9(2,3)10-7-4-5-8(11)6-7/h7-8,10-11H,4-6H2,1-3H3/t7-,8+/m1/s1.